The van der Waals surface area contributed by atoms with E-state index in [2.05, 4.69) is 10.6 Å². The van der Waals surface area contributed by atoms with E-state index in [4.69, 9.17) is 0 Å². The first-order valence-electron chi connectivity index (χ1n) is 5.04. The van der Waals surface area contributed by atoms with Gasteiger partial charge < -0.3 is 10.6 Å². The lowest BCUT2D eigenvalue weighted by molar-refractivity contribution is -0.134. The number of amides is 2. The third-order valence-electron chi connectivity index (χ3n) is 3.07. The van der Waals surface area contributed by atoms with Crippen LogP contribution in [-0.4, -0.2) is 23.9 Å². The SMILES string of the molecule is C.CC1NC(=O)C1C.CC1NC(=O)C1C. The third kappa shape index (κ3) is 2.94. The second-order valence-corrected chi connectivity index (χ2v) is 4.17. The predicted octanol–water partition coefficient (Wildman–Crippen LogP) is 0.918. The largest absolute Gasteiger partial charge is 0.353 e. The molecule has 4 heteroatoms. The van der Waals surface area contributed by atoms with Crippen LogP contribution < -0.4 is 10.6 Å². The van der Waals surface area contributed by atoms with Crippen LogP contribution in [0.4, 0.5) is 0 Å². The molecule has 0 spiro atoms. The van der Waals surface area contributed by atoms with Crippen molar-refractivity contribution in [3.63, 3.8) is 0 Å². The van der Waals surface area contributed by atoms with E-state index in [1.54, 1.807) is 0 Å². The minimum absolute atomic E-state index is 0. The van der Waals surface area contributed by atoms with Crippen molar-refractivity contribution in [1.29, 1.82) is 0 Å². The molecule has 0 aromatic carbocycles. The van der Waals surface area contributed by atoms with Crippen molar-refractivity contribution in [2.75, 3.05) is 0 Å². The number of hydrogen-bond acceptors (Lipinski definition) is 2. The molecule has 0 saturated carbocycles. The average molecular weight is 214 g/mol. The van der Waals surface area contributed by atoms with Crippen LogP contribution in [0.15, 0.2) is 0 Å². The smallest absolute Gasteiger partial charge is 0.225 e. The number of rotatable bonds is 0. The normalized spacial score (nSPS) is 36.8. The summed E-state index contributed by atoms with van der Waals surface area (Å²) in [5, 5.41) is 5.43. The van der Waals surface area contributed by atoms with Gasteiger partial charge in [0.2, 0.25) is 11.8 Å². The Morgan fingerprint density at radius 1 is 0.800 bits per heavy atom. The first-order chi connectivity index (χ1) is 6.43. The molecule has 0 aromatic heterocycles. The number of hydrogen-bond donors (Lipinski definition) is 2. The van der Waals surface area contributed by atoms with Crippen LogP contribution in [0, 0.1) is 11.8 Å². The Labute approximate surface area is 91.8 Å². The van der Waals surface area contributed by atoms with E-state index in [9.17, 15) is 9.59 Å². The van der Waals surface area contributed by atoms with Crippen LogP contribution in [0.1, 0.15) is 35.1 Å². The second-order valence-electron chi connectivity index (χ2n) is 4.17. The van der Waals surface area contributed by atoms with Crippen LogP contribution in [0.2, 0.25) is 0 Å². The fourth-order valence-electron chi connectivity index (χ4n) is 1.22. The second kappa shape index (κ2) is 5.14. The minimum Gasteiger partial charge on any atom is -0.353 e. The number of β-lactam (4-membered cyclic amide) rings is 2. The van der Waals surface area contributed by atoms with Gasteiger partial charge in [0.25, 0.3) is 0 Å². The van der Waals surface area contributed by atoms with Crippen molar-refractivity contribution in [3.05, 3.63) is 0 Å². The Hall–Kier alpha value is -1.06. The van der Waals surface area contributed by atoms with Crippen LogP contribution in [-0.2, 0) is 9.59 Å². The van der Waals surface area contributed by atoms with Crippen molar-refractivity contribution in [2.24, 2.45) is 11.8 Å². The molecule has 2 saturated heterocycles. The number of carbonyl (C=O) groups is 2. The molecule has 88 valence electrons. The van der Waals surface area contributed by atoms with E-state index in [1.807, 2.05) is 27.7 Å². The van der Waals surface area contributed by atoms with Crippen LogP contribution >= 0.6 is 0 Å². The zero-order valence-corrected chi connectivity index (χ0v) is 9.13. The molecule has 0 aliphatic carbocycles. The molecule has 4 unspecified atom stereocenters. The highest BCUT2D eigenvalue weighted by molar-refractivity contribution is 5.85. The Morgan fingerprint density at radius 2 is 1.07 bits per heavy atom. The average Bonchev–Trinajstić information content (AvgIpc) is 2.19. The van der Waals surface area contributed by atoms with Crippen molar-refractivity contribution in [2.45, 2.75) is 47.2 Å². The van der Waals surface area contributed by atoms with E-state index in [1.165, 1.54) is 0 Å². The lowest BCUT2D eigenvalue weighted by Gasteiger charge is -2.30. The van der Waals surface area contributed by atoms with Crippen molar-refractivity contribution < 1.29 is 9.59 Å². The lowest BCUT2D eigenvalue weighted by Crippen LogP contribution is -2.54. The Balaban J connectivity index is 0.000000245. The van der Waals surface area contributed by atoms with E-state index in [0.717, 1.165) is 0 Å². The van der Waals surface area contributed by atoms with Gasteiger partial charge in [0.05, 0.1) is 11.8 Å². The molecule has 2 heterocycles. The number of nitrogens with one attached hydrogen (secondary N) is 2. The fourth-order valence-corrected chi connectivity index (χ4v) is 1.22. The summed E-state index contributed by atoms with van der Waals surface area (Å²) in [5.41, 5.74) is 0. The monoisotopic (exact) mass is 214 g/mol. The summed E-state index contributed by atoms with van der Waals surface area (Å²) in [7, 11) is 0. The Kier molecular flexibility index (Phi) is 4.78. The summed E-state index contributed by atoms with van der Waals surface area (Å²) in [6.45, 7) is 7.88. The van der Waals surface area contributed by atoms with Gasteiger partial charge in [-0.3, -0.25) is 9.59 Å². The summed E-state index contributed by atoms with van der Waals surface area (Å²) in [5.74, 6) is 0.875. The van der Waals surface area contributed by atoms with Gasteiger partial charge in [0.15, 0.2) is 0 Å². The maximum Gasteiger partial charge on any atom is 0.225 e. The van der Waals surface area contributed by atoms with Gasteiger partial charge in [-0.05, 0) is 13.8 Å². The van der Waals surface area contributed by atoms with Crippen molar-refractivity contribution in [3.8, 4) is 0 Å². The molecular formula is C11H22N2O2. The first kappa shape index (κ1) is 13.9. The highest BCUT2D eigenvalue weighted by atomic mass is 16.2. The predicted molar refractivity (Wildman–Crippen MR) is 60.3 cm³/mol. The molecule has 2 aliphatic rings. The van der Waals surface area contributed by atoms with Gasteiger partial charge in [-0.1, -0.05) is 21.3 Å². The fraction of sp³-hybridized carbons (Fsp3) is 0.818. The van der Waals surface area contributed by atoms with Gasteiger partial charge in [-0.2, -0.15) is 0 Å². The van der Waals surface area contributed by atoms with Crippen molar-refractivity contribution in [1.82, 2.24) is 10.6 Å². The molecule has 15 heavy (non-hydrogen) atoms. The van der Waals surface area contributed by atoms with E-state index < -0.39 is 0 Å². The minimum atomic E-state index is 0. The lowest BCUT2D eigenvalue weighted by atomic mass is 9.95. The molecule has 2 aliphatic heterocycles. The van der Waals surface area contributed by atoms with Crippen LogP contribution in [0.3, 0.4) is 0 Å². The first-order valence-corrected chi connectivity index (χ1v) is 5.04. The molecule has 4 atom stereocenters. The van der Waals surface area contributed by atoms with E-state index in [0.29, 0.717) is 12.1 Å². The van der Waals surface area contributed by atoms with Gasteiger partial charge in [-0.25, -0.2) is 0 Å². The van der Waals surface area contributed by atoms with Gasteiger partial charge in [0.1, 0.15) is 0 Å². The molecule has 2 rings (SSSR count). The molecule has 2 fully saturated rings. The third-order valence-corrected chi connectivity index (χ3v) is 3.07. The van der Waals surface area contributed by atoms with Crippen LogP contribution in [0.25, 0.3) is 0 Å². The zero-order valence-electron chi connectivity index (χ0n) is 9.13. The summed E-state index contributed by atoms with van der Waals surface area (Å²) < 4.78 is 0. The van der Waals surface area contributed by atoms with Gasteiger partial charge in [-0.15, -0.1) is 0 Å². The molecule has 0 bridgehead atoms. The molecular weight excluding hydrogens is 192 g/mol. The Morgan fingerprint density at radius 3 is 1.07 bits per heavy atom. The topological polar surface area (TPSA) is 58.2 Å². The highest BCUT2D eigenvalue weighted by Gasteiger charge is 2.31. The maximum atomic E-state index is 10.3. The summed E-state index contributed by atoms with van der Waals surface area (Å²) >= 11 is 0. The molecule has 2 amide bonds. The summed E-state index contributed by atoms with van der Waals surface area (Å²) in [4.78, 5) is 20.7. The molecule has 0 radical (unpaired) electrons. The van der Waals surface area contributed by atoms with Gasteiger partial charge in [0, 0.05) is 12.1 Å². The van der Waals surface area contributed by atoms with E-state index >= 15 is 0 Å². The standard InChI is InChI=1S/2C5H9NO.CH4/c2*1-3-4(2)6-5(3)7;/h2*3-4H,1-2H3,(H,6,7);1H4. The van der Waals surface area contributed by atoms with E-state index in [-0.39, 0.29) is 31.1 Å². The molecule has 4 nitrogen and oxygen atoms in total. The zero-order chi connectivity index (χ0) is 10.9. The molecule has 0 aromatic rings. The quantitative estimate of drug-likeness (QED) is 0.589. The molecule has 2 N–H and O–H groups in total. The van der Waals surface area contributed by atoms with Crippen LogP contribution in [0.5, 0.6) is 0 Å². The Bertz CT molecular complexity index is 227. The highest BCUT2D eigenvalue weighted by Crippen LogP contribution is 2.11. The van der Waals surface area contributed by atoms with Crippen molar-refractivity contribution >= 4 is 11.8 Å². The maximum absolute atomic E-state index is 10.3. The summed E-state index contributed by atoms with van der Waals surface area (Å²) in [6.07, 6.45) is 0. The summed E-state index contributed by atoms with van der Waals surface area (Å²) in [6, 6.07) is 0.819. The van der Waals surface area contributed by atoms with Gasteiger partial charge >= 0.3 is 0 Å². The number of carbonyl (C=O) groups excluding carboxylic acids is 2.